The summed E-state index contributed by atoms with van der Waals surface area (Å²) in [6.45, 7) is 2.28. The van der Waals surface area contributed by atoms with Crippen molar-refractivity contribution in [1.82, 2.24) is 5.32 Å². The van der Waals surface area contributed by atoms with Gasteiger partial charge in [0.15, 0.2) is 0 Å². The molecular formula is C17H31NO. The molecule has 0 saturated heterocycles. The van der Waals surface area contributed by atoms with Crippen LogP contribution >= 0.6 is 0 Å². The van der Waals surface area contributed by atoms with Gasteiger partial charge in [-0.2, -0.15) is 0 Å². The molecule has 0 fully saturated rings. The van der Waals surface area contributed by atoms with Crippen molar-refractivity contribution in [2.45, 2.75) is 77.2 Å². The van der Waals surface area contributed by atoms with E-state index < -0.39 is 0 Å². The molecule has 2 nitrogen and oxygen atoms in total. The monoisotopic (exact) mass is 265 g/mol. The molecule has 1 rings (SSSR count). The SMILES string of the molecule is CCCCCCCCCCCC(NC)c1ccoc1. The summed E-state index contributed by atoms with van der Waals surface area (Å²) in [6, 6.07) is 2.53. The Balaban J connectivity index is 1.95. The molecule has 1 atom stereocenters. The summed E-state index contributed by atoms with van der Waals surface area (Å²) >= 11 is 0. The van der Waals surface area contributed by atoms with E-state index in [1.54, 1.807) is 6.26 Å². The lowest BCUT2D eigenvalue weighted by atomic mass is 10.0. The molecule has 0 aliphatic heterocycles. The first kappa shape index (κ1) is 16.3. The van der Waals surface area contributed by atoms with Crippen molar-refractivity contribution >= 4 is 0 Å². The van der Waals surface area contributed by atoms with Gasteiger partial charge in [0.25, 0.3) is 0 Å². The normalized spacial score (nSPS) is 12.7. The highest BCUT2D eigenvalue weighted by molar-refractivity contribution is 5.10. The summed E-state index contributed by atoms with van der Waals surface area (Å²) in [7, 11) is 2.03. The number of hydrogen-bond donors (Lipinski definition) is 1. The second-order valence-electron chi connectivity index (χ2n) is 5.52. The number of hydrogen-bond acceptors (Lipinski definition) is 2. The van der Waals surface area contributed by atoms with Gasteiger partial charge in [-0.15, -0.1) is 0 Å². The zero-order valence-electron chi connectivity index (χ0n) is 12.8. The fraction of sp³-hybridized carbons (Fsp3) is 0.765. The maximum absolute atomic E-state index is 5.15. The first-order chi connectivity index (χ1) is 9.38. The van der Waals surface area contributed by atoms with Gasteiger partial charge in [-0.05, 0) is 19.5 Å². The van der Waals surface area contributed by atoms with E-state index in [4.69, 9.17) is 4.42 Å². The van der Waals surface area contributed by atoms with Gasteiger partial charge in [-0.3, -0.25) is 0 Å². The predicted molar refractivity (Wildman–Crippen MR) is 82.4 cm³/mol. The van der Waals surface area contributed by atoms with Crippen LogP contribution in [0, 0.1) is 0 Å². The zero-order chi connectivity index (χ0) is 13.8. The molecule has 0 bridgehead atoms. The van der Waals surface area contributed by atoms with E-state index in [-0.39, 0.29) is 0 Å². The van der Waals surface area contributed by atoms with Gasteiger partial charge < -0.3 is 9.73 Å². The highest BCUT2D eigenvalue weighted by Gasteiger charge is 2.09. The molecule has 0 aromatic carbocycles. The summed E-state index contributed by atoms with van der Waals surface area (Å²) in [4.78, 5) is 0. The predicted octanol–water partition coefficient (Wildman–Crippen LogP) is 5.46. The van der Waals surface area contributed by atoms with Crippen LogP contribution in [0.5, 0.6) is 0 Å². The third-order valence-electron chi connectivity index (χ3n) is 3.89. The van der Waals surface area contributed by atoms with E-state index in [0.717, 1.165) is 0 Å². The lowest BCUT2D eigenvalue weighted by Gasteiger charge is -2.13. The Morgan fingerprint density at radius 2 is 1.63 bits per heavy atom. The topological polar surface area (TPSA) is 25.2 Å². The van der Waals surface area contributed by atoms with Crippen molar-refractivity contribution in [2.24, 2.45) is 0 Å². The summed E-state index contributed by atoms with van der Waals surface area (Å²) in [5.41, 5.74) is 1.28. The smallest absolute Gasteiger partial charge is 0.0950 e. The van der Waals surface area contributed by atoms with Crippen molar-refractivity contribution in [3.8, 4) is 0 Å². The second kappa shape index (κ2) is 11.1. The number of furan rings is 1. The van der Waals surface area contributed by atoms with Crippen molar-refractivity contribution in [3.63, 3.8) is 0 Å². The standard InChI is InChI=1S/C17H31NO/c1-3-4-5-6-7-8-9-10-11-12-17(18-2)16-13-14-19-15-16/h13-15,17-18H,3-12H2,1-2H3. The maximum Gasteiger partial charge on any atom is 0.0950 e. The average molecular weight is 265 g/mol. The molecular weight excluding hydrogens is 234 g/mol. The first-order valence-electron chi connectivity index (χ1n) is 8.07. The highest BCUT2D eigenvalue weighted by atomic mass is 16.3. The van der Waals surface area contributed by atoms with E-state index in [9.17, 15) is 0 Å². The van der Waals surface area contributed by atoms with E-state index in [2.05, 4.69) is 18.3 Å². The Hall–Kier alpha value is -0.760. The summed E-state index contributed by atoms with van der Waals surface area (Å²) in [6.07, 6.45) is 17.4. The van der Waals surface area contributed by atoms with E-state index in [0.29, 0.717) is 6.04 Å². The van der Waals surface area contributed by atoms with E-state index >= 15 is 0 Å². The fourth-order valence-corrected chi connectivity index (χ4v) is 2.61. The van der Waals surface area contributed by atoms with Crippen LogP contribution in [-0.4, -0.2) is 7.05 Å². The Kier molecular flexibility index (Phi) is 9.52. The van der Waals surface area contributed by atoms with Gasteiger partial charge in [-0.1, -0.05) is 64.7 Å². The van der Waals surface area contributed by atoms with Crippen molar-refractivity contribution in [1.29, 1.82) is 0 Å². The Morgan fingerprint density at radius 1 is 1.00 bits per heavy atom. The van der Waals surface area contributed by atoms with Crippen LogP contribution < -0.4 is 5.32 Å². The zero-order valence-corrected chi connectivity index (χ0v) is 12.8. The van der Waals surface area contributed by atoms with Crippen molar-refractivity contribution < 1.29 is 4.42 Å². The lowest BCUT2D eigenvalue weighted by molar-refractivity contribution is 0.485. The van der Waals surface area contributed by atoms with Crippen LogP contribution in [0.2, 0.25) is 0 Å². The third kappa shape index (κ3) is 7.41. The number of nitrogens with one attached hydrogen (secondary N) is 1. The van der Waals surface area contributed by atoms with Gasteiger partial charge in [0.2, 0.25) is 0 Å². The van der Waals surface area contributed by atoms with Crippen LogP contribution in [0.3, 0.4) is 0 Å². The minimum absolute atomic E-state index is 0.461. The van der Waals surface area contributed by atoms with Crippen LogP contribution in [-0.2, 0) is 0 Å². The molecule has 1 aromatic rings. The molecule has 1 unspecified atom stereocenters. The first-order valence-corrected chi connectivity index (χ1v) is 8.07. The Morgan fingerprint density at radius 3 is 2.16 bits per heavy atom. The van der Waals surface area contributed by atoms with Crippen LogP contribution in [0.15, 0.2) is 23.0 Å². The molecule has 0 aliphatic rings. The Bertz CT molecular complexity index is 281. The van der Waals surface area contributed by atoms with Gasteiger partial charge in [0, 0.05) is 11.6 Å². The molecule has 0 amide bonds. The third-order valence-corrected chi connectivity index (χ3v) is 3.89. The van der Waals surface area contributed by atoms with Gasteiger partial charge in [-0.25, -0.2) is 0 Å². The van der Waals surface area contributed by atoms with E-state index in [1.807, 2.05) is 13.3 Å². The minimum Gasteiger partial charge on any atom is -0.472 e. The van der Waals surface area contributed by atoms with Crippen LogP contribution in [0.25, 0.3) is 0 Å². The van der Waals surface area contributed by atoms with Gasteiger partial charge in [0.1, 0.15) is 0 Å². The maximum atomic E-state index is 5.15. The lowest BCUT2D eigenvalue weighted by Crippen LogP contribution is -2.15. The summed E-state index contributed by atoms with van der Waals surface area (Å²) in [5, 5.41) is 3.37. The quantitative estimate of drug-likeness (QED) is 0.508. The largest absolute Gasteiger partial charge is 0.472 e. The molecule has 19 heavy (non-hydrogen) atoms. The van der Waals surface area contributed by atoms with Crippen LogP contribution in [0.4, 0.5) is 0 Å². The molecule has 0 aliphatic carbocycles. The molecule has 1 aromatic heterocycles. The van der Waals surface area contributed by atoms with Crippen LogP contribution in [0.1, 0.15) is 82.7 Å². The molecule has 2 heteroatoms. The number of rotatable bonds is 12. The molecule has 0 saturated carbocycles. The van der Waals surface area contributed by atoms with Gasteiger partial charge in [0.05, 0.1) is 12.5 Å². The molecule has 0 radical (unpaired) electrons. The highest BCUT2D eigenvalue weighted by Crippen LogP contribution is 2.20. The summed E-state index contributed by atoms with van der Waals surface area (Å²) in [5.74, 6) is 0. The summed E-state index contributed by atoms with van der Waals surface area (Å²) < 4.78 is 5.15. The molecule has 1 heterocycles. The van der Waals surface area contributed by atoms with E-state index in [1.165, 1.54) is 69.8 Å². The second-order valence-corrected chi connectivity index (χ2v) is 5.52. The van der Waals surface area contributed by atoms with Crippen molar-refractivity contribution in [3.05, 3.63) is 24.2 Å². The Labute approximate surface area is 119 Å². The molecule has 1 N–H and O–H groups in total. The average Bonchev–Trinajstić information content (AvgIpc) is 2.95. The fourth-order valence-electron chi connectivity index (χ4n) is 2.61. The number of unbranched alkanes of at least 4 members (excludes halogenated alkanes) is 8. The molecule has 0 spiro atoms. The molecule has 110 valence electrons. The minimum atomic E-state index is 0.461. The van der Waals surface area contributed by atoms with Gasteiger partial charge >= 0.3 is 0 Å². The van der Waals surface area contributed by atoms with Crippen molar-refractivity contribution in [2.75, 3.05) is 7.05 Å².